The first-order valence-electron chi connectivity index (χ1n) is 6.30. The van der Waals surface area contributed by atoms with E-state index in [2.05, 4.69) is 15.4 Å². The standard InChI is InChI=1S/C13H14N4O3/c14-12(18)11-10(15-17-16-11)8-3-1-4-9(7-8)13-19-5-2-6-20-13/h1,3-4,7,13H,2,5-6H2,(H2,14,18)(H,15,16,17). The summed E-state index contributed by atoms with van der Waals surface area (Å²) in [4.78, 5) is 11.3. The minimum Gasteiger partial charge on any atom is -0.364 e. The van der Waals surface area contributed by atoms with Gasteiger partial charge in [0, 0.05) is 11.1 Å². The number of aromatic amines is 1. The quantitative estimate of drug-likeness (QED) is 0.869. The van der Waals surface area contributed by atoms with Crippen LogP contribution < -0.4 is 5.73 Å². The zero-order chi connectivity index (χ0) is 13.9. The molecule has 1 aliphatic rings. The summed E-state index contributed by atoms with van der Waals surface area (Å²) in [6.07, 6.45) is 0.512. The van der Waals surface area contributed by atoms with Crippen molar-refractivity contribution < 1.29 is 14.3 Å². The van der Waals surface area contributed by atoms with Crippen molar-refractivity contribution in [3.05, 3.63) is 35.5 Å². The third-order valence-corrected chi connectivity index (χ3v) is 3.04. The molecule has 0 spiro atoms. The van der Waals surface area contributed by atoms with E-state index < -0.39 is 5.91 Å². The zero-order valence-corrected chi connectivity index (χ0v) is 10.7. The molecule has 7 heteroatoms. The van der Waals surface area contributed by atoms with Crippen LogP contribution in [0.15, 0.2) is 24.3 Å². The predicted molar refractivity (Wildman–Crippen MR) is 69.6 cm³/mol. The van der Waals surface area contributed by atoms with E-state index in [0.29, 0.717) is 18.9 Å². The van der Waals surface area contributed by atoms with Crippen molar-refractivity contribution in [1.82, 2.24) is 15.4 Å². The Morgan fingerprint density at radius 2 is 2.10 bits per heavy atom. The number of nitrogens with two attached hydrogens (primary N) is 1. The lowest BCUT2D eigenvalue weighted by Crippen LogP contribution is -2.17. The van der Waals surface area contributed by atoms with Crippen LogP contribution in [0.1, 0.15) is 28.8 Å². The number of carbonyl (C=O) groups excluding carboxylic acids is 1. The second-order valence-corrected chi connectivity index (χ2v) is 4.44. The Kier molecular flexibility index (Phi) is 3.44. The zero-order valence-electron chi connectivity index (χ0n) is 10.7. The summed E-state index contributed by atoms with van der Waals surface area (Å²) in [6, 6.07) is 7.45. The molecule has 3 rings (SSSR count). The third-order valence-electron chi connectivity index (χ3n) is 3.04. The van der Waals surface area contributed by atoms with Crippen LogP contribution in [0.4, 0.5) is 0 Å². The van der Waals surface area contributed by atoms with Gasteiger partial charge in [0.15, 0.2) is 12.0 Å². The fraction of sp³-hybridized carbons (Fsp3) is 0.308. The van der Waals surface area contributed by atoms with Crippen LogP contribution in [-0.2, 0) is 9.47 Å². The SMILES string of the molecule is NC(=O)c1n[nH]nc1-c1cccc(C2OCCCO2)c1. The molecule has 1 aliphatic heterocycles. The fourth-order valence-electron chi connectivity index (χ4n) is 2.12. The fourth-order valence-corrected chi connectivity index (χ4v) is 2.12. The molecule has 0 bridgehead atoms. The predicted octanol–water partition coefficient (Wildman–Crippen LogP) is 1.01. The summed E-state index contributed by atoms with van der Waals surface area (Å²) in [5.74, 6) is -0.621. The minimum absolute atomic E-state index is 0.118. The van der Waals surface area contributed by atoms with Crippen LogP contribution in [-0.4, -0.2) is 34.5 Å². The van der Waals surface area contributed by atoms with Crippen molar-refractivity contribution in [1.29, 1.82) is 0 Å². The number of rotatable bonds is 3. The van der Waals surface area contributed by atoms with Crippen molar-refractivity contribution >= 4 is 5.91 Å². The Morgan fingerprint density at radius 1 is 1.30 bits per heavy atom. The van der Waals surface area contributed by atoms with E-state index in [-0.39, 0.29) is 12.0 Å². The molecule has 0 radical (unpaired) electrons. The average Bonchev–Trinajstić information content (AvgIpc) is 2.98. The number of H-pyrrole nitrogens is 1. The summed E-state index contributed by atoms with van der Waals surface area (Å²) >= 11 is 0. The van der Waals surface area contributed by atoms with Gasteiger partial charge in [-0.3, -0.25) is 4.79 Å². The van der Waals surface area contributed by atoms with Gasteiger partial charge in [0.25, 0.3) is 5.91 Å². The molecule has 20 heavy (non-hydrogen) atoms. The topological polar surface area (TPSA) is 103 Å². The number of carbonyl (C=O) groups is 1. The molecule has 104 valence electrons. The lowest BCUT2D eigenvalue weighted by atomic mass is 10.1. The van der Waals surface area contributed by atoms with Gasteiger partial charge in [-0.25, -0.2) is 0 Å². The largest absolute Gasteiger partial charge is 0.364 e. The minimum atomic E-state index is -0.621. The molecule has 1 aromatic carbocycles. The van der Waals surface area contributed by atoms with E-state index >= 15 is 0 Å². The third kappa shape index (κ3) is 2.40. The number of amides is 1. The molecule has 1 fully saturated rings. The van der Waals surface area contributed by atoms with Crippen molar-refractivity contribution in [2.45, 2.75) is 12.7 Å². The molecule has 0 unspecified atom stereocenters. The summed E-state index contributed by atoms with van der Waals surface area (Å²) in [5.41, 5.74) is 7.42. The molecule has 3 N–H and O–H groups in total. The molecule has 0 aliphatic carbocycles. The monoisotopic (exact) mass is 274 g/mol. The first-order chi connectivity index (χ1) is 9.75. The molecule has 1 amide bonds. The van der Waals surface area contributed by atoms with Gasteiger partial charge >= 0.3 is 0 Å². The lowest BCUT2D eigenvalue weighted by Gasteiger charge is -2.23. The van der Waals surface area contributed by atoms with Crippen LogP contribution in [0.3, 0.4) is 0 Å². The molecular formula is C13H14N4O3. The molecule has 2 heterocycles. The number of nitrogens with one attached hydrogen (secondary N) is 1. The van der Waals surface area contributed by atoms with Gasteiger partial charge < -0.3 is 15.2 Å². The first-order valence-corrected chi connectivity index (χ1v) is 6.30. The maximum absolute atomic E-state index is 11.3. The number of nitrogens with zero attached hydrogens (tertiary/aromatic N) is 2. The first kappa shape index (κ1) is 12.8. The maximum atomic E-state index is 11.3. The van der Waals surface area contributed by atoms with Crippen LogP contribution >= 0.6 is 0 Å². The molecule has 0 atom stereocenters. The molecule has 1 saturated heterocycles. The van der Waals surface area contributed by atoms with Gasteiger partial charge in [-0.05, 0) is 12.5 Å². The van der Waals surface area contributed by atoms with E-state index in [1.54, 1.807) is 0 Å². The van der Waals surface area contributed by atoms with Crippen LogP contribution in [0.5, 0.6) is 0 Å². The summed E-state index contributed by atoms with van der Waals surface area (Å²) in [6.45, 7) is 1.34. The Morgan fingerprint density at radius 3 is 2.85 bits per heavy atom. The van der Waals surface area contributed by atoms with Gasteiger partial charge in [-0.2, -0.15) is 15.4 Å². The van der Waals surface area contributed by atoms with Gasteiger partial charge in [0.2, 0.25) is 0 Å². The van der Waals surface area contributed by atoms with E-state index in [9.17, 15) is 4.79 Å². The van der Waals surface area contributed by atoms with Gasteiger partial charge in [0.05, 0.1) is 13.2 Å². The van der Waals surface area contributed by atoms with E-state index in [0.717, 1.165) is 17.5 Å². The van der Waals surface area contributed by atoms with E-state index in [1.807, 2.05) is 24.3 Å². The number of ether oxygens (including phenoxy) is 2. The lowest BCUT2D eigenvalue weighted by molar-refractivity contribution is -0.183. The Bertz CT molecular complexity index is 620. The highest BCUT2D eigenvalue weighted by Crippen LogP contribution is 2.27. The van der Waals surface area contributed by atoms with Crippen molar-refractivity contribution in [2.24, 2.45) is 5.73 Å². The number of hydrogen-bond donors (Lipinski definition) is 2. The average molecular weight is 274 g/mol. The van der Waals surface area contributed by atoms with E-state index in [4.69, 9.17) is 15.2 Å². The second kappa shape index (κ2) is 5.40. The number of primary amides is 1. The van der Waals surface area contributed by atoms with Crippen LogP contribution in [0.25, 0.3) is 11.3 Å². The molecule has 2 aromatic rings. The van der Waals surface area contributed by atoms with Crippen molar-refractivity contribution in [2.75, 3.05) is 13.2 Å². The molecule has 0 saturated carbocycles. The maximum Gasteiger partial charge on any atom is 0.271 e. The van der Waals surface area contributed by atoms with Crippen LogP contribution in [0, 0.1) is 0 Å². The molecule has 7 nitrogen and oxygen atoms in total. The van der Waals surface area contributed by atoms with Gasteiger partial charge in [-0.15, -0.1) is 0 Å². The van der Waals surface area contributed by atoms with E-state index in [1.165, 1.54) is 0 Å². The second-order valence-electron chi connectivity index (χ2n) is 4.44. The van der Waals surface area contributed by atoms with Crippen LogP contribution in [0.2, 0.25) is 0 Å². The molecular weight excluding hydrogens is 260 g/mol. The van der Waals surface area contributed by atoms with Crippen molar-refractivity contribution in [3.63, 3.8) is 0 Å². The Labute approximate surface area is 115 Å². The van der Waals surface area contributed by atoms with Gasteiger partial charge in [0.1, 0.15) is 5.69 Å². The normalized spacial score (nSPS) is 16.2. The highest BCUT2D eigenvalue weighted by molar-refractivity contribution is 5.96. The Balaban J connectivity index is 1.94. The summed E-state index contributed by atoms with van der Waals surface area (Å²) < 4.78 is 11.1. The summed E-state index contributed by atoms with van der Waals surface area (Å²) in [7, 11) is 0. The number of hydrogen-bond acceptors (Lipinski definition) is 5. The van der Waals surface area contributed by atoms with Crippen molar-refractivity contribution in [3.8, 4) is 11.3 Å². The highest BCUT2D eigenvalue weighted by atomic mass is 16.7. The smallest absolute Gasteiger partial charge is 0.271 e. The Hall–Kier alpha value is -2.25. The molecule has 1 aromatic heterocycles. The number of aromatic nitrogens is 3. The van der Waals surface area contributed by atoms with Gasteiger partial charge in [-0.1, -0.05) is 18.2 Å². The summed E-state index contributed by atoms with van der Waals surface area (Å²) in [5, 5.41) is 10.2. The number of benzene rings is 1. The highest BCUT2D eigenvalue weighted by Gasteiger charge is 2.19.